The SMILES string of the molecule is O=C(O)c1ccc2nc(-c3cc4cc(F)ccc4o3)c(C3CCc4cc(F)ccc4N3)nc2c1. The summed E-state index contributed by atoms with van der Waals surface area (Å²) in [6.07, 6.45) is 1.25. The molecule has 3 heterocycles. The number of carboxylic acids is 1. The lowest BCUT2D eigenvalue weighted by atomic mass is 9.94. The number of nitrogens with one attached hydrogen (secondary N) is 1. The highest BCUT2D eigenvalue weighted by Gasteiger charge is 2.27. The van der Waals surface area contributed by atoms with Gasteiger partial charge in [-0.15, -0.1) is 0 Å². The van der Waals surface area contributed by atoms with Gasteiger partial charge in [0.05, 0.1) is 28.3 Å². The summed E-state index contributed by atoms with van der Waals surface area (Å²) >= 11 is 0. The molecule has 0 aliphatic carbocycles. The van der Waals surface area contributed by atoms with E-state index in [4.69, 9.17) is 14.4 Å². The summed E-state index contributed by atoms with van der Waals surface area (Å²) in [6.45, 7) is 0. The fourth-order valence-electron chi connectivity index (χ4n) is 4.43. The van der Waals surface area contributed by atoms with Gasteiger partial charge in [-0.05, 0) is 79.1 Å². The van der Waals surface area contributed by atoms with Crippen molar-refractivity contribution in [3.8, 4) is 11.5 Å². The monoisotopic (exact) mass is 457 g/mol. The number of aromatic nitrogens is 2. The second kappa shape index (κ2) is 7.62. The van der Waals surface area contributed by atoms with Crippen molar-refractivity contribution in [1.29, 1.82) is 0 Å². The number of aromatic carboxylic acids is 1. The van der Waals surface area contributed by atoms with Crippen LogP contribution in [0.15, 0.2) is 65.1 Å². The Hall–Kier alpha value is -4.33. The molecule has 0 bridgehead atoms. The van der Waals surface area contributed by atoms with Gasteiger partial charge in [0.15, 0.2) is 5.76 Å². The van der Waals surface area contributed by atoms with Crippen molar-refractivity contribution in [2.24, 2.45) is 0 Å². The van der Waals surface area contributed by atoms with Crippen LogP contribution in [0.4, 0.5) is 14.5 Å². The maximum Gasteiger partial charge on any atom is 0.335 e. The Bertz CT molecular complexity index is 1610. The molecule has 0 radical (unpaired) electrons. The van der Waals surface area contributed by atoms with E-state index in [9.17, 15) is 18.7 Å². The lowest BCUT2D eigenvalue weighted by Gasteiger charge is -2.27. The normalized spacial score (nSPS) is 15.3. The number of fused-ring (bicyclic) bond motifs is 3. The molecule has 168 valence electrons. The Kier molecular flexibility index (Phi) is 4.55. The third kappa shape index (κ3) is 3.44. The summed E-state index contributed by atoms with van der Waals surface area (Å²) in [5, 5.41) is 13.4. The number of rotatable bonds is 3. The zero-order valence-electron chi connectivity index (χ0n) is 17.7. The van der Waals surface area contributed by atoms with Gasteiger partial charge in [-0.3, -0.25) is 0 Å². The van der Waals surface area contributed by atoms with Crippen molar-refractivity contribution in [1.82, 2.24) is 9.97 Å². The number of halogens is 2. The Morgan fingerprint density at radius 3 is 2.65 bits per heavy atom. The lowest BCUT2D eigenvalue weighted by Crippen LogP contribution is -2.20. The average molecular weight is 457 g/mol. The van der Waals surface area contributed by atoms with Gasteiger partial charge in [0, 0.05) is 11.1 Å². The number of benzene rings is 3. The minimum absolute atomic E-state index is 0.108. The van der Waals surface area contributed by atoms with Crippen molar-refractivity contribution in [2.75, 3.05) is 5.32 Å². The van der Waals surface area contributed by atoms with E-state index in [0.717, 1.165) is 11.3 Å². The molecule has 0 fully saturated rings. The Morgan fingerprint density at radius 2 is 1.79 bits per heavy atom. The maximum atomic E-state index is 13.7. The van der Waals surface area contributed by atoms with Crippen molar-refractivity contribution >= 4 is 33.7 Å². The van der Waals surface area contributed by atoms with E-state index in [2.05, 4.69) is 5.32 Å². The second-order valence-corrected chi connectivity index (χ2v) is 8.30. The molecule has 1 atom stereocenters. The number of anilines is 1. The van der Waals surface area contributed by atoms with E-state index in [0.29, 0.717) is 52.0 Å². The van der Waals surface area contributed by atoms with Crippen molar-refractivity contribution in [2.45, 2.75) is 18.9 Å². The highest BCUT2D eigenvalue weighted by Crippen LogP contribution is 2.38. The molecule has 2 N–H and O–H groups in total. The van der Waals surface area contributed by atoms with Crippen molar-refractivity contribution < 1.29 is 23.1 Å². The van der Waals surface area contributed by atoms with Crippen LogP contribution in [-0.4, -0.2) is 21.0 Å². The zero-order valence-corrected chi connectivity index (χ0v) is 17.7. The molecule has 0 spiro atoms. The summed E-state index contributed by atoms with van der Waals surface area (Å²) in [5.74, 6) is -1.29. The first-order valence-electron chi connectivity index (χ1n) is 10.7. The largest absolute Gasteiger partial charge is 0.478 e. The number of hydrogen-bond donors (Lipinski definition) is 2. The number of carbonyl (C=O) groups is 1. The molecule has 0 amide bonds. The van der Waals surface area contributed by atoms with E-state index in [-0.39, 0.29) is 23.2 Å². The van der Waals surface area contributed by atoms with E-state index < -0.39 is 5.97 Å². The summed E-state index contributed by atoms with van der Waals surface area (Å²) in [6, 6.07) is 14.9. The van der Waals surface area contributed by atoms with E-state index in [1.807, 2.05) is 0 Å². The molecule has 0 saturated heterocycles. The van der Waals surface area contributed by atoms with Gasteiger partial charge in [0.2, 0.25) is 0 Å². The van der Waals surface area contributed by atoms with Crippen LogP contribution in [0.3, 0.4) is 0 Å². The van der Waals surface area contributed by atoms with E-state index in [1.54, 1.807) is 24.3 Å². The van der Waals surface area contributed by atoms with Crippen LogP contribution in [0.25, 0.3) is 33.5 Å². The van der Waals surface area contributed by atoms with E-state index in [1.165, 1.54) is 36.4 Å². The van der Waals surface area contributed by atoms with Crippen LogP contribution in [0.1, 0.15) is 34.1 Å². The molecule has 34 heavy (non-hydrogen) atoms. The molecule has 2 aromatic heterocycles. The number of nitrogens with zero attached hydrogens (tertiary/aromatic N) is 2. The molecule has 1 aliphatic heterocycles. The van der Waals surface area contributed by atoms with Crippen LogP contribution in [0.2, 0.25) is 0 Å². The predicted octanol–water partition coefficient (Wildman–Crippen LogP) is 6.12. The standard InChI is InChI=1S/C26H17F2N3O3/c27-16-3-7-18-13(9-16)1-6-20(29-18)24-25(23-12-15-10-17(28)4-8-22(15)34-23)30-19-5-2-14(26(32)33)11-21(19)31-24/h2-5,7-12,20,29H,1,6H2,(H,32,33). The molecule has 3 aromatic carbocycles. The van der Waals surface area contributed by atoms with Gasteiger partial charge in [0.25, 0.3) is 0 Å². The summed E-state index contributed by atoms with van der Waals surface area (Å²) < 4.78 is 33.4. The van der Waals surface area contributed by atoms with Crippen LogP contribution >= 0.6 is 0 Å². The Balaban J connectivity index is 1.53. The third-order valence-electron chi connectivity index (χ3n) is 6.08. The van der Waals surface area contributed by atoms with Crippen LogP contribution in [-0.2, 0) is 6.42 Å². The fourth-order valence-corrected chi connectivity index (χ4v) is 4.43. The number of aryl methyl sites for hydroxylation is 1. The van der Waals surface area contributed by atoms with Crippen molar-refractivity contribution in [3.63, 3.8) is 0 Å². The van der Waals surface area contributed by atoms with Gasteiger partial charge in [-0.25, -0.2) is 23.5 Å². The first kappa shape index (κ1) is 20.3. The highest BCUT2D eigenvalue weighted by atomic mass is 19.1. The van der Waals surface area contributed by atoms with Gasteiger partial charge in [0.1, 0.15) is 22.9 Å². The molecule has 6 nitrogen and oxygen atoms in total. The third-order valence-corrected chi connectivity index (χ3v) is 6.08. The van der Waals surface area contributed by atoms with Crippen LogP contribution < -0.4 is 5.32 Å². The molecular formula is C26H17F2N3O3. The molecular weight excluding hydrogens is 440 g/mol. The van der Waals surface area contributed by atoms with Gasteiger partial charge in [-0.2, -0.15) is 0 Å². The number of carboxylic acid groups (broad SMARTS) is 1. The summed E-state index contributed by atoms with van der Waals surface area (Å²) in [5.41, 5.74) is 4.30. The van der Waals surface area contributed by atoms with E-state index >= 15 is 0 Å². The van der Waals surface area contributed by atoms with Gasteiger partial charge >= 0.3 is 5.97 Å². The minimum Gasteiger partial charge on any atom is -0.478 e. The zero-order chi connectivity index (χ0) is 23.4. The molecule has 8 heteroatoms. The Morgan fingerprint density at radius 1 is 0.971 bits per heavy atom. The first-order chi connectivity index (χ1) is 16.4. The predicted molar refractivity (Wildman–Crippen MR) is 123 cm³/mol. The molecule has 1 aliphatic rings. The lowest BCUT2D eigenvalue weighted by molar-refractivity contribution is 0.0697. The van der Waals surface area contributed by atoms with Gasteiger partial charge in [-0.1, -0.05) is 0 Å². The maximum absolute atomic E-state index is 13.7. The molecule has 1 unspecified atom stereocenters. The molecule has 0 saturated carbocycles. The minimum atomic E-state index is -1.06. The highest BCUT2D eigenvalue weighted by molar-refractivity contribution is 5.93. The molecule has 5 aromatic rings. The number of furan rings is 1. The second-order valence-electron chi connectivity index (χ2n) is 8.30. The van der Waals surface area contributed by atoms with Crippen molar-refractivity contribution in [3.05, 3.63) is 89.1 Å². The smallest absolute Gasteiger partial charge is 0.335 e. The quantitative estimate of drug-likeness (QED) is 0.339. The number of hydrogen-bond acceptors (Lipinski definition) is 5. The Labute approximate surface area is 191 Å². The first-order valence-corrected chi connectivity index (χ1v) is 10.7. The van der Waals surface area contributed by atoms with Crippen LogP contribution in [0.5, 0.6) is 0 Å². The molecule has 6 rings (SSSR count). The summed E-state index contributed by atoms with van der Waals surface area (Å²) in [4.78, 5) is 21.0. The summed E-state index contributed by atoms with van der Waals surface area (Å²) in [7, 11) is 0. The van der Waals surface area contributed by atoms with Crippen LogP contribution in [0, 0.1) is 11.6 Å². The average Bonchev–Trinajstić information content (AvgIpc) is 3.25. The van der Waals surface area contributed by atoms with Gasteiger partial charge < -0.3 is 14.8 Å². The fraction of sp³-hybridized carbons (Fsp3) is 0.115. The topological polar surface area (TPSA) is 88.2 Å².